The van der Waals surface area contributed by atoms with Gasteiger partial charge in [-0.1, -0.05) is 0 Å². The number of H-pyrrole nitrogens is 1. The number of amidine groups is 1. The molecule has 1 aromatic heterocycles. The zero-order chi connectivity index (χ0) is 11.6. The van der Waals surface area contributed by atoms with Crippen LogP contribution in [0.15, 0.2) is 11.2 Å². The third-order valence-electron chi connectivity index (χ3n) is 1.76. The lowest BCUT2D eigenvalue weighted by atomic mass is 10.6. The molecule has 0 fully saturated rings. The van der Waals surface area contributed by atoms with E-state index in [9.17, 15) is 8.42 Å². The van der Waals surface area contributed by atoms with Crippen LogP contribution in [0.3, 0.4) is 0 Å². The minimum Gasteiger partial charge on any atom is -0.387 e. The van der Waals surface area contributed by atoms with Crippen LogP contribution in [0.4, 0.5) is 0 Å². The Balaban J connectivity index is 2.98. The van der Waals surface area contributed by atoms with Crippen LogP contribution in [0.1, 0.15) is 5.82 Å². The number of likely N-dealkylation sites (N-methyl/N-ethyl adjacent to an activating group) is 1. The Morgan fingerprint density at radius 1 is 1.73 bits per heavy atom. The lowest BCUT2D eigenvalue weighted by Gasteiger charge is -2.14. The van der Waals surface area contributed by atoms with E-state index in [1.165, 1.54) is 13.2 Å². The number of nitrogens with zero attached hydrogens (tertiary/aromatic N) is 2. The molecule has 0 aliphatic rings. The molecule has 0 aliphatic carbocycles. The van der Waals surface area contributed by atoms with Gasteiger partial charge in [0, 0.05) is 7.05 Å². The molecule has 7 nitrogen and oxygen atoms in total. The first-order valence-electron chi connectivity index (χ1n) is 4.15. The Hall–Kier alpha value is -1.41. The Kier molecular flexibility index (Phi) is 3.10. The normalized spacial score (nSPS) is 11.9. The largest absolute Gasteiger partial charge is 0.387 e. The highest BCUT2D eigenvalue weighted by atomic mass is 32.2. The molecule has 0 saturated heterocycles. The molecule has 1 heterocycles. The van der Waals surface area contributed by atoms with Crippen molar-refractivity contribution in [2.75, 3.05) is 13.6 Å². The molecule has 0 bridgehead atoms. The Labute approximate surface area is 87.9 Å². The average molecular weight is 231 g/mol. The summed E-state index contributed by atoms with van der Waals surface area (Å²) in [7, 11) is -2.26. The maximum Gasteiger partial charge on any atom is 0.260 e. The minimum absolute atomic E-state index is 0.00347. The molecule has 0 radical (unpaired) electrons. The van der Waals surface area contributed by atoms with Crippen LogP contribution in [0, 0.1) is 12.3 Å². The van der Waals surface area contributed by atoms with Crippen LogP contribution in [-0.2, 0) is 10.0 Å². The fourth-order valence-corrected chi connectivity index (χ4v) is 2.13. The van der Waals surface area contributed by atoms with Gasteiger partial charge >= 0.3 is 0 Å². The van der Waals surface area contributed by atoms with Gasteiger partial charge in [-0.05, 0) is 6.92 Å². The first-order valence-corrected chi connectivity index (χ1v) is 5.59. The molecular weight excluding hydrogens is 218 g/mol. The van der Waals surface area contributed by atoms with Gasteiger partial charge in [0.1, 0.15) is 11.7 Å². The fourth-order valence-electron chi connectivity index (χ4n) is 1.02. The number of hydrogen-bond acceptors (Lipinski definition) is 4. The molecule has 0 spiro atoms. The number of hydrogen-bond donors (Lipinski definition) is 3. The Morgan fingerprint density at radius 3 is 2.73 bits per heavy atom. The quantitative estimate of drug-likeness (QED) is 0.468. The van der Waals surface area contributed by atoms with Crippen molar-refractivity contribution >= 4 is 15.9 Å². The predicted octanol–water partition coefficient (Wildman–Crippen LogP) is -0.725. The van der Waals surface area contributed by atoms with E-state index in [0.717, 1.165) is 4.31 Å². The van der Waals surface area contributed by atoms with E-state index >= 15 is 0 Å². The van der Waals surface area contributed by atoms with E-state index in [0.29, 0.717) is 5.82 Å². The molecule has 0 atom stereocenters. The monoisotopic (exact) mass is 231 g/mol. The summed E-state index contributed by atoms with van der Waals surface area (Å²) in [5.74, 6) is 0.308. The van der Waals surface area contributed by atoms with E-state index in [1.807, 2.05) is 0 Å². The Morgan fingerprint density at radius 2 is 2.33 bits per heavy atom. The number of aromatic nitrogens is 2. The molecule has 1 aromatic rings. The molecule has 0 unspecified atom stereocenters. The van der Waals surface area contributed by atoms with Crippen molar-refractivity contribution in [2.24, 2.45) is 5.73 Å². The highest BCUT2D eigenvalue weighted by Crippen LogP contribution is 2.10. The van der Waals surface area contributed by atoms with Crippen LogP contribution in [0.25, 0.3) is 0 Å². The van der Waals surface area contributed by atoms with Gasteiger partial charge in [0.25, 0.3) is 10.0 Å². The number of imidazole rings is 1. The topological polar surface area (TPSA) is 116 Å². The molecular formula is C7H13N5O2S. The lowest BCUT2D eigenvalue weighted by molar-refractivity contribution is 0.501. The zero-order valence-electron chi connectivity index (χ0n) is 8.48. The van der Waals surface area contributed by atoms with Crippen molar-refractivity contribution in [1.29, 1.82) is 5.41 Å². The van der Waals surface area contributed by atoms with Gasteiger partial charge in [-0.3, -0.25) is 5.41 Å². The summed E-state index contributed by atoms with van der Waals surface area (Å²) in [6.07, 6.45) is 1.24. The first-order chi connectivity index (χ1) is 6.84. The van der Waals surface area contributed by atoms with E-state index < -0.39 is 10.0 Å². The maximum absolute atomic E-state index is 11.8. The number of aromatic amines is 1. The second-order valence-corrected chi connectivity index (χ2v) is 5.13. The van der Waals surface area contributed by atoms with Crippen LogP contribution >= 0.6 is 0 Å². The van der Waals surface area contributed by atoms with Gasteiger partial charge in [-0.15, -0.1) is 0 Å². The summed E-state index contributed by atoms with van der Waals surface area (Å²) >= 11 is 0. The molecule has 4 N–H and O–H groups in total. The first kappa shape index (κ1) is 11.7. The number of aryl methyl sites for hydroxylation is 1. The van der Waals surface area contributed by atoms with Crippen molar-refractivity contribution in [3.63, 3.8) is 0 Å². The van der Waals surface area contributed by atoms with Crippen LogP contribution < -0.4 is 5.73 Å². The summed E-state index contributed by atoms with van der Waals surface area (Å²) in [6, 6.07) is 0. The standard InChI is InChI=1S/C7H13N5O2S/c1-5-10-3-7(11-5)15(13,14)12(2)4-6(8)9/h3H,4H2,1-2H3,(H3,8,9)(H,10,11). The van der Waals surface area contributed by atoms with Gasteiger partial charge in [-0.2, -0.15) is 4.31 Å². The van der Waals surface area contributed by atoms with Gasteiger partial charge < -0.3 is 10.7 Å². The van der Waals surface area contributed by atoms with Gasteiger partial charge in [0.2, 0.25) is 0 Å². The predicted molar refractivity (Wildman–Crippen MR) is 55.1 cm³/mol. The summed E-state index contributed by atoms with van der Waals surface area (Å²) in [5, 5.41) is 7.02. The van der Waals surface area contributed by atoms with Crippen molar-refractivity contribution < 1.29 is 8.42 Å². The SMILES string of the molecule is Cc1ncc(S(=O)(=O)N(C)CC(=N)N)[nH]1. The molecule has 0 amide bonds. The molecule has 1 rings (SSSR count). The van der Waals surface area contributed by atoms with Crippen molar-refractivity contribution in [1.82, 2.24) is 14.3 Å². The number of rotatable bonds is 4. The van der Waals surface area contributed by atoms with Crippen molar-refractivity contribution in [3.8, 4) is 0 Å². The molecule has 0 saturated carbocycles. The smallest absolute Gasteiger partial charge is 0.260 e. The number of sulfonamides is 1. The highest BCUT2D eigenvalue weighted by Gasteiger charge is 2.22. The minimum atomic E-state index is -3.62. The molecule has 0 aromatic carbocycles. The molecule has 15 heavy (non-hydrogen) atoms. The lowest BCUT2D eigenvalue weighted by Crippen LogP contribution is -2.35. The molecule has 84 valence electrons. The van der Waals surface area contributed by atoms with Crippen LogP contribution in [-0.4, -0.2) is 42.1 Å². The van der Waals surface area contributed by atoms with E-state index in [-0.39, 0.29) is 17.4 Å². The van der Waals surface area contributed by atoms with Crippen molar-refractivity contribution in [3.05, 3.63) is 12.0 Å². The Bertz CT molecular complexity index is 463. The van der Waals surface area contributed by atoms with E-state index in [1.54, 1.807) is 6.92 Å². The number of nitrogens with two attached hydrogens (primary N) is 1. The molecule has 0 aliphatic heterocycles. The summed E-state index contributed by atoms with van der Waals surface area (Å²) in [6.45, 7) is 1.52. The van der Waals surface area contributed by atoms with E-state index in [2.05, 4.69) is 9.97 Å². The van der Waals surface area contributed by atoms with Crippen molar-refractivity contribution in [2.45, 2.75) is 11.9 Å². The van der Waals surface area contributed by atoms with Gasteiger partial charge in [-0.25, -0.2) is 13.4 Å². The fraction of sp³-hybridized carbons (Fsp3) is 0.429. The van der Waals surface area contributed by atoms with E-state index in [4.69, 9.17) is 11.1 Å². The second kappa shape index (κ2) is 3.99. The van der Waals surface area contributed by atoms with Gasteiger partial charge in [0.15, 0.2) is 5.03 Å². The van der Waals surface area contributed by atoms with Gasteiger partial charge in [0.05, 0.1) is 12.7 Å². The van der Waals surface area contributed by atoms with Crippen LogP contribution in [0.2, 0.25) is 0 Å². The van der Waals surface area contributed by atoms with Crippen LogP contribution in [0.5, 0.6) is 0 Å². The highest BCUT2D eigenvalue weighted by molar-refractivity contribution is 7.89. The number of nitrogens with one attached hydrogen (secondary N) is 2. The zero-order valence-corrected chi connectivity index (χ0v) is 9.30. The third-order valence-corrected chi connectivity index (χ3v) is 3.47. The summed E-state index contributed by atoms with van der Waals surface area (Å²) in [5.41, 5.74) is 5.12. The maximum atomic E-state index is 11.8. The average Bonchev–Trinajstić information content (AvgIpc) is 2.50. The summed E-state index contributed by atoms with van der Waals surface area (Å²) < 4.78 is 24.6. The summed E-state index contributed by atoms with van der Waals surface area (Å²) in [4.78, 5) is 6.42. The second-order valence-electron chi connectivity index (χ2n) is 3.12. The molecule has 8 heteroatoms. The third kappa shape index (κ3) is 2.54.